The van der Waals surface area contributed by atoms with Crippen LogP contribution in [-0.4, -0.2) is 66.2 Å². The van der Waals surface area contributed by atoms with Gasteiger partial charge in [-0.15, -0.1) is 0 Å². The molecular formula is C50H64N6O5Si. The predicted molar refractivity (Wildman–Crippen MR) is 249 cm³/mol. The van der Waals surface area contributed by atoms with Crippen LogP contribution >= 0.6 is 0 Å². The van der Waals surface area contributed by atoms with Crippen molar-refractivity contribution in [3.05, 3.63) is 144 Å². The number of aryl methyl sites for hydroxylation is 1. The van der Waals surface area contributed by atoms with Gasteiger partial charge in [0.1, 0.15) is 12.8 Å². The van der Waals surface area contributed by atoms with Gasteiger partial charge in [0, 0.05) is 57.3 Å². The Balaban J connectivity index is 1.04. The minimum absolute atomic E-state index is 0.0484. The highest BCUT2D eigenvalue weighted by atomic mass is 28.3. The van der Waals surface area contributed by atoms with Gasteiger partial charge in [-0.3, -0.25) is 14.4 Å². The molecule has 62 heavy (non-hydrogen) atoms. The Morgan fingerprint density at radius 1 is 0.903 bits per heavy atom. The van der Waals surface area contributed by atoms with Gasteiger partial charge in [-0.05, 0) is 79.1 Å². The number of anilines is 1. The number of nitrogens with zero attached hydrogens (tertiary/aromatic N) is 3. The van der Waals surface area contributed by atoms with Gasteiger partial charge < -0.3 is 34.9 Å². The number of carbonyl (C=O) groups is 3. The van der Waals surface area contributed by atoms with Gasteiger partial charge in [0.05, 0.1) is 32.0 Å². The van der Waals surface area contributed by atoms with E-state index in [0.717, 1.165) is 50.8 Å². The fourth-order valence-corrected chi connectivity index (χ4v) is 8.27. The van der Waals surface area contributed by atoms with E-state index in [1.54, 1.807) is 12.5 Å². The SMILES string of the molecule is C[C@H](CNC(C)(C)CC(=O)N[C@@H]1CCc2ccccc2N(Cc2ccc(-c3ccccc3CNC(=O)Cc3cncn3COCC[Si](C)(C)C)cc2)C1=O)OCc1ccccc1. The molecule has 6 rings (SSSR count). The molecule has 0 saturated carbocycles. The molecule has 2 heterocycles. The molecule has 0 radical (unpaired) electrons. The van der Waals surface area contributed by atoms with Crippen molar-refractivity contribution in [3.8, 4) is 11.1 Å². The maximum atomic E-state index is 14.3. The number of hydrogen-bond donors (Lipinski definition) is 3. The van der Waals surface area contributed by atoms with E-state index in [9.17, 15) is 14.4 Å². The molecule has 0 spiro atoms. The number of nitrogens with one attached hydrogen (secondary N) is 3. The number of hydrogen-bond acceptors (Lipinski definition) is 7. The summed E-state index contributed by atoms with van der Waals surface area (Å²) < 4.78 is 13.8. The van der Waals surface area contributed by atoms with E-state index in [4.69, 9.17) is 9.47 Å². The molecule has 3 N–H and O–H groups in total. The van der Waals surface area contributed by atoms with Crippen LogP contribution in [0.3, 0.4) is 0 Å². The second kappa shape index (κ2) is 21.6. The highest BCUT2D eigenvalue weighted by Crippen LogP contribution is 2.30. The minimum atomic E-state index is -1.19. The normalized spacial score (nSPS) is 14.8. The fourth-order valence-electron chi connectivity index (χ4n) is 7.52. The topological polar surface area (TPSA) is 127 Å². The monoisotopic (exact) mass is 856 g/mol. The number of fused-ring (bicyclic) bond motifs is 1. The Morgan fingerprint density at radius 2 is 1.63 bits per heavy atom. The summed E-state index contributed by atoms with van der Waals surface area (Å²) in [5.74, 6) is -0.390. The summed E-state index contributed by atoms with van der Waals surface area (Å²) in [6, 6.07) is 34.8. The number of para-hydroxylation sites is 1. The number of amides is 3. The molecule has 2 atom stereocenters. The van der Waals surface area contributed by atoms with Crippen molar-refractivity contribution in [1.29, 1.82) is 0 Å². The van der Waals surface area contributed by atoms with E-state index < -0.39 is 19.7 Å². The fraction of sp³-hybridized carbons (Fsp3) is 0.400. The maximum absolute atomic E-state index is 14.3. The largest absolute Gasteiger partial charge is 0.373 e. The lowest BCUT2D eigenvalue weighted by molar-refractivity contribution is -0.128. The number of aromatic nitrogens is 2. The Hall–Kier alpha value is -5.40. The highest BCUT2D eigenvalue weighted by molar-refractivity contribution is 6.76. The molecule has 1 aliphatic rings. The van der Waals surface area contributed by atoms with Crippen molar-refractivity contribution in [2.24, 2.45) is 0 Å². The van der Waals surface area contributed by atoms with Crippen LogP contribution in [0.25, 0.3) is 11.1 Å². The number of rotatable bonds is 21. The first-order valence-electron chi connectivity index (χ1n) is 21.8. The average molecular weight is 857 g/mol. The first-order chi connectivity index (χ1) is 29.7. The first-order valence-corrected chi connectivity index (χ1v) is 25.5. The Labute approximate surface area is 368 Å². The highest BCUT2D eigenvalue weighted by Gasteiger charge is 2.33. The molecule has 0 unspecified atom stereocenters. The predicted octanol–water partition coefficient (Wildman–Crippen LogP) is 8.05. The summed E-state index contributed by atoms with van der Waals surface area (Å²) in [5, 5.41) is 9.68. The summed E-state index contributed by atoms with van der Waals surface area (Å²) in [7, 11) is -1.19. The summed E-state index contributed by atoms with van der Waals surface area (Å²) >= 11 is 0. The summed E-state index contributed by atoms with van der Waals surface area (Å²) in [6.07, 6.45) is 4.98. The smallest absolute Gasteiger partial charge is 0.249 e. The summed E-state index contributed by atoms with van der Waals surface area (Å²) in [6.45, 7) is 15.9. The molecule has 11 nitrogen and oxygen atoms in total. The third-order valence-corrected chi connectivity index (χ3v) is 12.9. The van der Waals surface area contributed by atoms with Gasteiger partial charge in [-0.2, -0.15) is 0 Å². The average Bonchev–Trinajstić information content (AvgIpc) is 3.65. The summed E-state index contributed by atoms with van der Waals surface area (Å²) in [4.78, 5) is 47.0. The van der Waals surface area contributed by atoms with Crippen LogP contribution in [0, 0.1) is 0 Å². The van der Waals surface area contributed by atoms with Crippen LogP contribution < -0.4 is 20.9 Å². The van der Waals surface area contributed by atoms with Gasteiger partial charge in [0.25, 0.3) is 0 Å². The second-order valence-electron chi connectivity index (χ2n) is 18.3. The molecule has 0 saturated heterocycles. The van der Waals surface area contributed by atoms with Crippen molar-refractivity contribution >= 4 is 31.5 Å². The van der Waals surface area contributed by atoms with E-state index in [1.165, 1.54) is 0 Å². The van der Waals surface area contributed by atoms with Crippen molar-refractivity contribution < 1.29 is 23.9 Å². The number of benzene rings is 4. The molecule has 1 aromatic heterocycles. The number of ether oxygens (including phenoxy) is 2. The van der Waals surface area contributed by atoms with Crippen LogP contribution in [0.2, 0.25) is 25.7 Å². The molecule has 0 bridgehead atoms. The van der Waals surface area contributed by atoms with E-state index >= 15 is 0 Å². The molecule has 5 aromatic rings. The number of carbonyl (C=O) groups excluding carboxylic acids is 3. The lowest BCUT2D eigenvalue weighted by Gasteiger charge is -2.30. The van der Waals surface area contributed by atoms with Crippen molar-refractivity contribution in [2.75, 3.05) is 18.1 Å². The molecular weight excluding hydrogens is 793 g/mol. The van der Waals surface area contributed by atoms with Crippen LogP contribution in [0.1, 0.15) is 61.6 Å². The van der Waals surface area contributed by atoms with Gasteiger partial charge in [-0.1, -0.05) is 117 Å². The lowest BCUT2D eigenvalue weighted by atomic mass is 9.98. The van der Waals surface area contributed by atoms with Crippen molar-refractivity contribution in [1.82, 2.24) is 25.5 Å². The third kappa shape index (κ3) is 13.8. The van der Waals surface area contributed by atoms with Crippen molar-refractivity contribution in [2.45, 2.75) is 116 Å². The van der Waals surface area contributed by atoms with Crippen molar-refractivity contribution in [3.63, 3.8) is 0 Å². The van der Waals surface area contributed by atoms with Crippen LogP contribution in [0.5, 0.6) is 0 Å². The molecule has 1 aliphatic heterocycles. The Morgan fingerprint density at radius 3 is 2.40 bits per heavy atom. The van der Waals surface area contributed by atoms with Gasteiger partial charge >= 0.3 is 0 Å². The Kier molecular flexibility index (Phi) is 16.1. The lowest BCUT2D eigenvalue weighted by Crippen LogP contribution is -2.51. The molecule has 0 aliphatic carbocycles. The van der Waals surface area contributed by atoms with Crippen LogP contribution in [-0.2, 0) is 63.1 Å². The van der Waals surface area contributed by atoms with Crippen LogP contribution in [0.15, 0.2) is 116 Å². The van der Waals surface area contributed by atoms with Gasteiger partial charge in [0.15, 0.2) is 0 Å². The molecule has 0 fully saturated rings. The quantitative estimate of drug-likeness (QED) is 0.0504. The van der Waals surface area contributed by atoms with E-state index in [0.29, 0.717) is 52.4 Å². The zero-order valence-corrected chi connectivity index (χ0v) is 38.3. The molecule has 3 amide bonds. The molecule has 4 aromatic carbocycles. The second-order valence-corrected chi connectivity index (χ2v) is 23.9. The maximum Gasteiger partial charge on any atom is 0.249 e. The van der Waals surface area contributed by atoms with Gasteiger partial charge in [0.2, 0.25) is 17.7 Å². The third-order valence-electron chi connectivity index (χ3n) is 11.2. The van der Waals surface area contributed by atoms with Gasteiger partial charge in [-0.25, -0.2) is 4.98 Å². The molecule has 12 heteroatoms. The molecule has 328 valence electrons. The van der Waals surface area contributed by atoms with E-state index in [1.807, 2.05) is 109 Å². The first kappa shape index (κ1) is 46.1. The zero-order chi connectivity index (χ0) is 44.1. The van der Waals surface area contributed by atoms with E-state index in [2.05, 4.69) is 64.8 Å². The standard InChI is InChI=1S/C50H64N6O5Si/c1-37(61-34-39-14-8-7-9-15-39)30-53-50(2,3)29-48(58)54-45-25-24-41-16-11-13-19-46(41)56(49(45)59)33-38-20-22-40(23-21-38)44-18-12-10-17-42(44)31-52-47(57)28-43-32-51-35-55(43)36-60-26-27-62(4,5)6/h7-23,32,35,37,45,53H,24-31,33-34,36H2,1-6H3,(H,52,57)(H,54,58)/t37-,45-/m1/s1. The summed E-state index contributed by atoms with van der Waals surface area (Å²) in [5.41, 5.74) is 7.34. The Bertz CT molecular complexity index is 2240. The zero-order valence-electron chi connectivity index (χ0n) is 37.3. The van der Waals surface area contributed by atoms with Crippen LogP contribution in [0.4, 0.5) is 5.69 Å². The number of imidazole rings is 1. The van der Waals surface area contributed by atoms with E-state index in [-0.39, 0.29) is 36.7 Å². The minimum Gasteiger partial charge on any atom is -0.373 e.